The molecule has 7 heteroatoms. The van der Waals surface area contributed by atoms with E-state index in [9.17, 15) is 9.18 Å². The Morgan fingerprint density at radius 3 is 2.85 bits per heavy atom. The number of carbonyl (C=O) groups excluding carboxylic acids is 1. The third-order valence-electron chi connectivity index (χ3n) is 3.16. The number of nitrogens with two attached hydrogens (primary N) is 1. The number of nitrogens with zero attached hydrogens (tertiary/aromatic N) is 1. The number of halogens is 1. The van der Waals surface area contributed by atoms with Crippen molar-refractivity contribution >= 4 is 11.7 Å². The fraction of sp³-hybridized carbons (Fsp3) is 0.385. The number of hydrogen-bond acceptors (Lipinski definition) is 6. The SMILES string of the molecule is COC(=O)C1(CN)CC(c2ccc(OC)c(F)c2)=NO1. The summed E-state index contributed by atoms with van der Waals surface area (Å²) in [6.07, 6.45) is 0.127. The third-order valence-corrected chi connectivity index (χ3v) is 3.16. The molecule has 0 spiro atoms. The van der Waals surface area contributed by atoms with Crippen LogP contribution in [-0.2, 0) is 14.4 Å². The molecule has 1 aliphatic rings. The molecule has 0 bridgehead atoms. The van der Waals surface area contributed by atoms with Gasteiger partial charge in [-0.15, -0.1) is 0 Å². The summed E-state index contributed by atoms with van der Waals surface area (Å²) < 4.78 is 23.2. The number of oxime groups is 1. The molecule has 0 aliphatic carbocycles. The number of esters is 1. The number of ether oxygens (including phenoxy) is 2. The topological polar surface area (TPSA) is 83.1 Å². The quantitative estimate of drug-likeness (QED) is 0.827. The lowest BCUT2D eigenvalue weighted by Gasteiger charge is -2.21. The number of carbonyl (C=O) groups is 1. The van der Waals surface area contributed by atoms with Crippen molar-refractivity contribution in [2.24, 2.45) is 10.9 Å². The number of hydrogen-bond donors (Lipinski definition) is 1. The summed E-state index contributed by atoms with van der Waals surface area (Å²) >= 11 is 0. The van der Waals surface area contributed by atoms with Crippen LogP contribution in [0.1, 0.15) is 12.0 Å². The van der Waals surface area contributed by atoms with E-state index < -0.39 is 17.4 Å². The van der Waals surface area contributed by atoms with E-state index in [0.717, 1.165) is 0 Å². The van der Waals surface area contributed by atoms with Gasteiger partial charge in [0.1, 0.15) is 0 Å². The van der Waals surface area contributed by atoms with Gasteiger partial charge in [0.25, 0.3) is 5.60 Å². The van der Waals surface area contributed by atoms with Crippen molar-refractivity contribution in [3.05, 3.63) is 29.6 Å². The second-order valence-corrected chi connectivity index (χ2v) is 4.35. The van der Waals surface area contributed by atoms with E-state index in [0.29, 0.717) is 11.3 Å². The first-order valence-electron chi connectivity index (χ1n) is 5.94. The van der Waals surface area contributed by atoms with Crippen LogP contribution < -0.4 is 10.5 Å². The fourth-order valence-electron chi connectivity index (χ4n) is 1.97. The van der Waals surface area contributed by atoms with Gasteiger partial charge in [-0.1, -0.05) is 5.16 Å². The van der Waals surface area contributed by atoms with Crippen molar-refractivity contribution in [1.82, 2.24) is 0 Å². The van der Waals surface area contributed by atoms with Crippen LogP contribution in [0.3, 0.4) is 0 Å². The van der Waals surface area contributed by atoms with E-state index in [4.69, 9.17) is 15.3 Å². The molecule has 1 aliphatic heterocycles. The lowest BCUT2D eigenvalue weighted by Crippen LogP contribution is -2.46. The summed E-state index contributed by atoms with van der Waals surface area (Å²) in [5.41, 5.74) is 5.17. The Kier molecular flexibility index (Phi) is 3.89. The van der Waals surface area contributed by atoms with Gasteiger partial charge >= 0.3 is 5.97 Å². The zero-order chi connectivity index (χ0) is 14.8. The highest BCUT2D eigenvalue weighted by Crippen LogP contribution is 2.29. The first-order chi connectivity index (χ1) is 9.56. The molecular weight excluding hydrogens is 267 g/mol. The molecule has 108 valence electrons. The van der Waals surface area contributed by atoms with Gasteiger partial charge < -0.3 is 20.0 Å². The van der Waals surface area contributed by atoms with Crippen molar-refractivity contribution in [3.8, 4) is 5.75 Å². The van der Waals surface area contributed by atoms with Crippen molar-refractivity contribution in [2.75, 3.05) is 20.8 Å². The molecule has 2 rings (SSSR count). The molecule has 0 saturated heterocycles. The molecule has 0 aromatic heterocycles. The molecule has 2 N–H and O–H groups in total. The van der Waals surface area contributed by atoms with Crippen LogP contribution in [0.4, 0.5) is 4.39 Å². The molecule has 1 aromatic rings. The Bertz CT molecular complexity index is 561. The Morgan fingerprint density at radius 2 is 2.30 bits per heavy atom. The minimum Gasteiger partial charge on any atom is -0.494 e. The van der Waals surface area contributed by atoms with Crippen molar-refractivity contribution in [1.29, 1.82) is 0 Å². The highest BCUT2D eigenvalue weighted by molar-refractivity contribution is 6.04. The molecule has 1 heterocycles. The first kappa shape index (κ1) is 14.3. The van der Waals surface area contributed by atoms with Gasteiger partial charge in [-0.3, -0.25) is 0 Å². The predicted molar refractivity (Wildman–Crippen MR) is 69.0 cm³/mol. The smallest absolute Gasteiger partial charge is 0.354 e. The summed E-state index contributed by atoms with van der Waals surface area (Å²) in [4.78, 5) is 16.9. The van der Waals surface area contributed by atoms with Crippen LogP contribution in [0.5, 0.6) is 5.75 Å². The van der Waals surface area contributed by atoms with Gasteiger partial charge in [-0.25, -0.2) is 9.18 Å². The monoisotopic (exact) mass is 282 g/mol. The van der Waals surface area contributed by atoms with E-state index in [2.05, 4.69) is 9.89 Å². The van der Waals surface area contributed by atoms with Crippen molar-refractivity contribution < 1.29 is 23.5 Å². The molecule has 1 unspecified atom stereocenters. The average Bonchev–Trinajstić information content (AvgIpc) is 2.92. The second-order valence-electron chi connectivity index (χ2n) is 4.35. The molecule has 1 aromatic carbocycles. The van der Waals surface area contributed by atoms with E-state index >= 15 is 0 Å². The summed E-state index contributed by atoms with van der Waals surface area (Å²) in [7, 11) is 2.62. The molecule has 20 heavy (non-hydrogen) atoms. The Morgan fingerprint density at radius 1 is 1.55 bits per heavy atom. The third kappa shape index (κ3) is 2.32. The van der Waals surface area contributed by atoms with Crippen LogP contribution >= 0.6 is 0 Å². The highest BCUT2D eigenvalue weighted by atomic mass is 19.1. The lowest BCUT2D eigenvalue weighted by molar-refractivity contribution is -0.165. The van der Waals surface area contributed by atoms with Crippen LogP contribution in [0, 0.1) is 5.82 Å². The van der Waals surface area contributed by atoms with E-state index in [1.54, 1.807) is 6.07 Å². The molecule has 0 amide bonds. The van der Waals surface area contributed by atoms with Crippen LogP contribution in [-0.4, -0.2) is 38.0 Å². The normalized spacial score (nSPS) is 21.1. The summed E-state index contributed by atoms with van der Waals surface area (Å²) in [5, 5.41) is 3.82. The molecular formula is C13H15FN2O4. The lowest BCUT2D eigenvalue weighted by atomic mass is 9.94. The first-order valence-corrected chi connectivity index (χ1v) is 5.94. The van der Waals surface area contributed by atoms with Gasteiger partial charge in [-0.2, -0.15) is 0 Å². The molecule has 0 radical (unpaired) electrons. The van der Waals surface area contributed by atoms with Gasteiger partial charge in [0, 0.05) is 18.5 Å². The Balaban J connectivity index is 2.24. The van der Waals surface area contributed by atoms with E-state index in [1.165, 1.54) is 26.4 Å². The van der Waals surface area contributed by atoms with Gasteiger partial charge in [0.05, 0.1) is 19.9 Å². The van der Waals surface area contributed by atoms with Crippen LogP contribution in [0.15, 0.2) is 23.4 Å². The second kappa shape index (κ2) is 5.46. The minimum atomic E-state index is -1.33. The zero-order valence-electron chi connectivity index (χ0n) is 11.2. The maximum Gasteiger partial charge on any atom is 0.354 e. The van der Waals surface area contributed by atoms with E-state index in [-0.39, 0.29) is 18.7 Å². The van der Waals surface area contributed by atoms with Crippen LogP contribution in [0.2, 0.25) is 0 Å². The summed E-state index contributed by atoms with van der Waals surface area (Å²) in [6, 6.07) is 4.38. The maximum atomic E-state index is 13.7. The largest absolute Gasteiger partial charge is 0.494 e. The van der Waals surface area contributed by atoms with Crippen molar-refractivity contribution in [2.45, 2.75) is 12.0 Å². The minimum absolute atomic E-state index is 0.0781. The molecule has 0 fully saturated rings. The van der Waals surface area contributed by atoms with Gasteiger partial charge in [-0.05, 0) is 18.2 Å². The summed E-state index contributed by atoms with van der Waals surface area (Å²) in [6.45, 7) is -0.0781. The number of methoxy groups -OCH3 is 2. The Labute approximate surface area is 115 Å². The standard InChI is InChI=1S/C13H15FN2O4/c1-18-11-4-3-8(5-9(11)14)10-6-13(7-15,20-16-10)12(17)19-2/h3-5H,6-7,15H2,1-2H3. The predicted octanol–water partition coefficient (Wildman–Crippen LogP) is 0.829. The number of benzene rings is 1. The van der Waals surface area contributed by atoms with Gasteiger partial charge in [0.15, 0.2) is 11.6 Å². The van der Waals surface area contributed by atoms with E-state index in [1.807, 2.05) is 0 Å². The molecule has 0 saturated carbocycles. The van der Waals surface area contributed by atoms with Crippen LogP contribution in [0.25, 0.3) is 0 Å². The van der Waals surface area contributed by atoms with Crippen molar-refractivity contribution in [3.63, 3.8) is 0 Å². The zero-order valence-corrected chi connectivity index (χ0v) is 11.2. The van der Waals surface area contributed by atoms with Gasteiger partial charge in [0.2, 0.25) is 0 Å². The highest BCUT2D eigenvalue weighted by Gasteiger charge is 2.47. The maximum absolute atomic E-state index is 13.7. The fourth-order valence-corrected chi connectivity index (χ4v) is 1.97. The average molecular weight is 282 g/mol. The summed E-state index contributed by atoms with van der Waals surface area (Å²) in [5.74, 6) is -0.991. The molecule has 6 nitrogen and oxygen atoms in total. The molecule has 1 atom stereocenters. The Hall–Kier alpha value is -2.15. The number of rotatable bonds is 4.